The van der Waals surface area contributed by atoms with Crippen molar-refractivity contribution >= 4 is 33.8 Å². The van der Waals surface area contributed by atoms with Gasteiger partial charge in [0.05, 0.1) is 38.8 Å². The van der Waals surface area contributed by atoms with Crippen LogP contribution in [-0.2, 0) is 43.6 Å². The van der Waals surface area contributed by atoms with E-state index in [1.807, 2.05) is 115 Å². The summed E-state index contributed by atoms with van der Waals surface area (Å²) >= 11 is 3.46. The minimum atomic E-state index is -0.692. The summed E-state index contributed by atoms with van der Waals surface area (Å²) in [5, 5.41) is 4.51. The normalized spacial score (nSPS) is 13.5. The summed E-state index contributed by atoms with van der Waals surface area (Å²) in [4.78, 5) is 12.1. The Hall–Kier alpha value is -4.08. The first-order valence-electron chi connectivity index (χ1n) is 13.9. The lowest BCUT2D eigenvalue weighted by atomic mass is 10.1. The number of ether oxygens (including phenoxy) is 4. The van der Waals surface area contributed by atoms with Gasteiger partial charge in [0, 0.05) is 10.5 Å². The van der Waals surface area contributed by atoms with E-state index in [0.29, 0.717) is 19.8 Å². The Labute approximate surface area is 261 Å². The first kappa shape index (κ1) is 31.8. The van der Waals surface area contributed by atoms with E-state index in [2.05, 4.69) is 26.5 Å². The van der Waals surface area contributed by atoms with Gasteiger partial charge in [-0.25, -0.2) is 4.79 Å². The highest BCUT2D eigenvalue weighted by Crippen LogP contribution is 2.20. The van der Waals surface area contributed by atoms with Gasteiger partial charge in [-0.2, -0.15) is 5.10 Å². The van der Waals surface area contributed by atoms with Crippen LogP contribution < -0.4 is 5.43 Å². The Kier molecular flexibility index (Phi) is 13.2. The molecule has 0 saturated carbocycles. The molecule has 0 aliphatic rings. The van der Waals surface area contributed by atoms with Crippen molar-refractivity contribution in [1.29, 1.82) is 0 Å². The maximum atomic E-state index is 12.1. The van der Waals surface area contributed by atoms with Crippen LogP contribution in [0.4, 0.5) is 5.69 Å². The molecule has 4 rings (SSSR count). The Balaban J connectivity index is 1.65. The van der Waals surface area contributed by atoms with Crippen molar-refractivity contribution in [3.63, 3.8) is 0 Å². The predicted octanol–water partition coefficient (Wildman–Crippen LogP) is 7.33. The molecule has 0 unspecified atom stereocenters. The van der Waals surface area contributed by atoms with Gasteiger partial charge in [-0.3, -0.25) is 5.43 Å². The Morgan fingerprint density at radius 1 is 0.721 bits per heavy atom. The van der Waals surface area contributed by atoms with Crippen LogP contribution >= 0.6 is 15.9 Å². The maximum absolute atomic E-state index is 12.1. The maximum Gasteiger partial charge on any atom is 0.330 e. The monoisotopic (exact) mass is 642 g/mol. The number of hydrazone groups is 1. The third-order valence-corrected chi connectivity index (χ3v) is 6.91. The number of carbonyl (C=O) groups excluding carboxylic acids is 1. The van der Waals surface area contributed by atoms with Crippen LogP contribution in [0, 0.1) is 0 Å². The van der Waals surface area contributed by atoms with E-state index in [0.717, 1.165) is 26.9 Å². The van der Waals surface area contributed by atoms with E-state index in [1.165, 1.54) is 13.2 Å². The van der Waals surface area contributed by atoms with Gasteiger partial charge in [0.25, 0.3) is 0 Å². The number of benzene rings is 4. The zero-order chi connectivity index (χ0) is 30.1. The first-order valence-corrected chi connectivity index (χ1v) is 14.7. The van der Waals surface area contributed by atoms with Gasteiger partial charge >= 0.3 is 5.97 Å². The summed E-state index contributed by atoms with van der Waals surface area (Å²) in [6, 6.07) is 37.2. The van der Waals surface area contributed by atoms with Crippen LogP contribution in [0.15, 0.2) is 137 Å². The second-order valence-electron chi connectivity index (χ2n) is 9.56. The molecular formula is C35H35BrN2O5. The molecule has 0 saturated heterocycles. The highest BCUT2D eigenvalue weighted by molar-refractivity contribution is 9.10. The fourth-order valence-electron chi connectivity index (χ4n) is 4.11. The number of anilines is 1. The summed E-state index contributed by atoms with van der Waals surface area (Å²) < 4.78 is 25.2. The number of esters is 1. The highest BCUT2D eigenvalue weighted by Gasteiger charge is 2.31. The first-order chi connectivity index (χ1) is 21.1. The third-order valence-electron chi connectivity index (χ3n) is 6.39. The fraction of sp³-hybridized carbons (Fsp3) is 0.200. The van der Waals surface area contributed by atoms with Crippen molar-refractivity contribution in [2.45, 2.75) is 38.1 Å². The van der Waals surface area contributed by atoms with E-state index in [4.69, 9.17) is 18.9 Å². The molecule has 0 heterocycles. The summed E-state index contributed by atoms with van der Waals surface area (Å²) in [7, 11) is 1.34. The highest BCUT2D eigenvalue weighted by atomic mass is 79.9. The van der Waals surface area contributed by atoms with Crippen molar-refractivity contribution in [3.05, 3.63) is 149 Å². The van der Waals surface area contributed by atoms with Gasteiger partial charge in [-0.15, -0.1) is 0 Å². The van der Waals surface area contributed by atoms with Gasteiger partial charge in [-0.05, 0) is 47.0 Å². The van der Waals surface area contributed by atoms with Gasteiger partial charge in [-0.1, -0.05) is 107 Å². The molecule has 3 atom stereocenters. The molecule has 8 heteroatoms. The predicted molar refractivity (Wildman–Crippen MR) is 172 cm³/mol. The minimum absolute atomic E-state index is 0.294. The fourth-order valence-corrected chi connectivity index (χ4v) is 4.37. The van der Waals surface area contributed by atoms with Gasteiger partial charge in [0.15, 0.2) is 0 Å². The summed E-state index contributed by atoms with van der Waals surface area (Å²) in [6.07, 6.45) is 2.62. The minimum Gasteiger partial charge on any atom is -0.466 e. The number of methoxy groups -OCH3 is 1. The van der Waals surface area contributed by atoms with Gasteiger partial charge in [0.1, 0.15) is 18.3 Å². The second-order valence-corrected chi connectivity index (χ2v) is 10.5. The van der Waals surface area contributed by atoms with Crippen LogP contribution in [-0.4, -0.2) is 37.6 Å². The average molecular weight is 644 g/mol. The molecule has 222 valence electrons. The van der Waals surface area contributed by atoms with Crippen molar-refractivity contribution in [3.8, 4) is 0 Å². The standard InChI is InChI=1S/C35H35BrN2O5/c1-40-34(39)22-21-32(41-24-27-11-5-2-6-12-27)35(43-26-29-15-9-4-10-16-29)33(42-25-28-13-7-3-8-14-28)23-37-38-31-19-17-30(36)18-20-31/h2-23,32-33,35,38H,24-26H2,1H3/b22-21+,37-23+/t32-,33+,35+/m1/s1. The van der Waals surface area contributed by atoms with Crippen LogP contribution in [0.5, 0.6) is 0 Å². The lowest BCUT2D eigenvalue weighted by Crippen LogP contribution is -2.43. The molecule has 0 aromatic heterocycles. The third kappa shape index (κ3) is 11.3. The molecule has 43 heavy (non-hydrogen) atoms. The van der Waals surface area contributed by atoms with Crippen molar-refractivity contribution in [1.82, 2.24) is 0 Å². The van der Waals surface area contributed by atoms with E-state index < -0.39 is 24.3 Å². The molecule has 0 radical (unpaired) electrons. The molecule has 0 spiro atoms. The zero-order valence-corrected chi connectivity index (χ0v) is 25.5. The molecule has 0 bridgehead atoms. The van der Waals surface area contributed by atoms with Gasteiger partial charge in [0.2, 0.25) is 0 Å². The number of nitrogens with one attached hydrogen (secondary N) is 1. The van der Waals surface area contributed by atoms with Crippen LogP contribution in [0.25, 0.3) is 0 Å². The molecule has 0 amide bonds. The SMILES string of the molecule is COC(=O)/C=C/[C@@H](OCc1ccccc1)[C@H](OCc1ccccc1)[C@H](/C=N/Nc1ccc(Br)cc1)OCc1ccccc1. The summed E-state index contributed by atoms with van der Waals surface area (Å²) in [6.45, 7) is 0.900. The van der Waals surface area contributed by atoms with Crippen molar-refractivity contribution in [2.75, 3.05) is 12.5 Å². The average Bonchev–Trinajstić information content (AvgIpc) is 3.06. The summed E-state index contributed by atoms with van der Waals surface area (Å²) in [5.41, 5.74) is 6.84. The van der Waals surface area contributed by atoms with Crippen molar-refractivity contribution in [2.24, 2.45) is 5.10 Å². The van der Waals surface area contributed by atoms with Crippen molar-refractivity contribution < 1.29 is 23.7 Å². The van der Waals surface area contributed by atoms with Crippen LogP contribution in [0.2, 0.25) is 0 Å². The molecule has 0 aliphatic carbocycles. The smallest absolute Gasteiger partial charge is 0.330 e. The molecular weight excluding hydrogens is 608 g/mol. The molecule has 0 aliphatic heterocycles. The van der Waals surface area contributed by atoms with E-state index in [1.54, 1.807) is 12.3 Å². The van der Waals surface area contributed by atoms with Crippen LogP contribution in [0.1, 0.15) is 16.7 Å². The lowest BCUT2D eigenvalue weighted by Gasteiger charge is -2.30. The number of carbonyl (C=O) groups is 1. The summed E-state index contributed by atoms with van der Waals surface area (Å²) in [5.74, 6) is -0.498. The number of halogens is 1. The Morgan fingerprint density at radius 3 is 1.72 bits per heavy atom. The molecule has 4 aromatic carbocycles. The zero-order valence-electron chi connectivity index (χ0n) is 23.9. The van der Waals surface area contributed by atoms with Crippen LogP contribution in [0.3, 0.4) is 0 Å². The number of nitrogens with zero attached hydrogens (tertiary/aromatic N) is 1. The second kappa shape index (κ2) is 17.8. The molecule has 4 aromatic rings. The van der Waals surface area contributed by atoms with Gasteiger partial charge < -0.3 is 18.9 Å². The molecule has 0 fully saturated rings. The van der Waals surface area contributed by atoms with E-state index in [-0.39, 0.29) is 0 Å². The quantitative estimate of drug-likeness (QED) is 0.0597. The lowest BCUT2D eigenvalue weighted by molar-refractivity contribution is -0.135. The molecule has 7 nitrogen and oxygen atoms in total. The number of rotatable bonds is 16. The number of hydrogen-bond donors (Lipinski definition) is 1. The number of hydrogen-bond acceptors (Lipinski definition) is 7. The van der Waals surface area contributed by atoms with E-state index in [9.17, 15) is 4.79 Å². The van der Waals surface area contributed by atoms with E-state index >= 15 is 0 Å². The largest absolute Gasteiger partial charge is 0.466 e. The topological polar surface area (TPSA) is 78.4 Å². The Morgan fingerprint density at radius 2 is 1.21 bits per heavy atom. The Bertz CT molecular complexity index is 1420. The molecule has 1 N–H and O–H groups in total.